The zero-order valence-corrected chi connectivity index (χ0v) is 13.8. The first-order valence-corrected chi connectivity index (χ1v) is 9.11. The number of benzene rings is 1. The monoisotopic (exact) mass is 400 g/mol. The van der Waals surface area contributed by atoms with Crippen LogP contribution in [0.15, 0.2) is 21.5 Å². The summed E-state index contributed by atoms with van der Waals surface area (Å²) in [7, 11) is 1.11. The van der Waals surface area contributed by atoms with Crippen LogP contribution in [0.25, 0.3) is 0 Å². The van der Waals surface area contributed by atoms with Crippen molar-refractivity contribution in [3.8, 4) is 0 Å². The van der Waals surface area contributed by atoms with Crippen LogP contribution >= 0.6 is 26.6 Å². The first-order chi connectivity index (χ1) is 9.79. The summed E-state index contributed by atoms with van der Waals surface area (Å²) in [4.78, 5) is 11.4. The minimum Gasteiger partial charge on any atom is -0.459 e. The third-order valence-electron chi connectivity index (χ3n) is 2.93. The van der Waals surface area contributed by atoms with E-state index >= 15 is 0 Å². The van der Waals surface area contributed by atoms with Crippen LogP contribution in [0.3, 0.4) is 0 Å². The molecular weight excluding hydrogens is 391 g/mol. The van der Waals surface area contributed by atoms with E-state index in [1.807, 2.05) is 0 Å². The van der Waals surface area contributed by atoms with Gasteiger partial charge in [0.2, 0.25) is 0 Å². The van der Waals surface area contributed by atoms with Crippen LogP contribution in [0.1, 0.15) is 23.2 Å². The average molecular weight is 402 g/mol. The third kappa shape index (κ3) is 4.15. The number of rotatable bonds is 4. The fourth-order valence-corrected chi connectivity index (χ4v) is 4.06. The van der Waals surface area contributed by atoms with Crippen molar-refractivity contribution in [1.82, 2.24) is 0 Å². The standard InChI is InChI=1S/C12H11BrClFO5S/c13-9-5-10(15)8(4-11(9)21(14,17)18)12(16)20-6-7-2-1-3-19-7/h4-5,7H,1-3,6H2. The lowest BCUT2D eigenvalue weighted by molar-refractivity contribution is 0.0157. The second kappa shape index (κ2) is 6.60. The maximum Gasteiger partial charge on any atom is 0.341 e. The van der Waals surface area contributed by atoms with Gasteiger partial charge >= 0.3 is 5.97 Å². The summed E-state index contributed by atoms with van der Waals surface area (Å²) in [6, 6.07) is 1.71. The molecule has 9 heteroatoms. The molecule has 1 unspecified atom stereocenters. The summed E-state index contributed by atoms with van der Waals surface area (Å²) in [5, 5.41) is 0. The molecule has 0 aromatic heterocycles. The molecule has 1 fully saturated rings. The van der Waals surface area contributed by atoms with Crippen LogP contribution in [0.2, 0.25) is 0 Å². The molecule has 5 nitrogen and oxygen atoms in total. The Kier molecular flexibility index (Phi) is 5.24. The predicted octanol–water partition coefficient (Wildman–Crippen LogP) is 2.85. The highest BCUT2D eigenvalue weighted by Crippen LogP contribution is 2.28. The minimum atomic E-state index is -4.11. The highest BCUT2D eigenvalue weighted by Gasteiger charge is 2.24. The Bertz CT molecular complexity index is 658. The lowest BCUT2D eigenvalue weighted by Crippen LogP contribution is -2.18. The molecule has 1 aliphatic heterocycles. The molecule has 1 atom stereocenters. The van der Waals surface area contributed by atoms with Gasteiger partial charge in [-0.1, -0.05) is 0 Å². The normalized spacial score (nSPS) is 18.7. The number of ether oxygens (including phenoxy) is 2. The average Bonchev–Trinajstić information content (AvgIpc) is 2.87. The molecule has 0 radical (unpaired) electrons. The molecule has 2 rings (SSSR count). The first kappa shape index (κ1) is 16.7. The summed E-state index contributed by atoms with van der Waals surface area (Å²) in [5.74, 6) is -1.86. The van der Waals surface area contributed by atoms with Gasteiger partial charge in [0.15, 0.2) is 0 Å². The van der Waals surface area contributed by atoms with Crippen LogP contribution in [-0.2, 0) is 18.5 Å². The molecule has 1 aromatic carbocycles. The van der Waals surface area contributed by atoms with Gasteiger partial charge in [0, 0.05) is 21.8 Å². The first-order valence-electron chi connectivity index (χ1n) is 6.01. The van der Waals surface area contributed by atoms with E-state index in [4.69, 9.17) is 20.2 Å². The summed E-state index contributed by atoms with van der Waals surface area (Å²) in [6.07, 6.45) is 1.43. The van der Waals surface area contributed by atoms with E-state index in [0.29, 0.717) is 6.61 Å². The lowest BCUT2D eigenvalue weighted by Gasteiger charge is -2.11. The van der Waals surface area contributed by atoms with Crippen LogP contribution in [-0.4, -0.2) is 33.7 Å². The van der Waals surface area contributed by atoms with E-state index in [1.54, 1.807) is 0 Å². The summed E-state index contributed by atoms with van der Waals surface area (Å²) in [6.45, 7) is 0.598. The fraction of sp³-hybridized carbons (Fsp3) is 0.417. The molecule has 0 bridgehead atoms. The molecule has 1 aliphatic rings. The topological polar surface area (TPSA) is 69.7 Å². The molecule has 1 heterocycles. The van der Waals surface area contributed by atoms with Crippen molar-refractivity contribution in [2.45, 2.75) is 23.8 Å². The molecule has 1 aromatic rings. The van der Waals surface area contributed by atoms with E-state index in [1.165, 1.54) is 0 Å². The highest BCUT2D eigenvalue weighted by atomic mass is 79.9. The Morgan fingerprint density at radius 3 is 2.81 bits per heavy atom. The molecule has 21 heavy (non-hydrogen) atoms. The van der Waals surface area contributed by atoms with Gasteiger partial charge in [-0.2, -0.15) is 0 Å². The Morgan fingerprint density at radius 1 is 1.52 bits per heavy atom. The van der Waals surface area contributed by atoms with Gasteiger partial charge in [0.25, 0.3) is 9.05 Å². The number of carbonyl (C=O) groups is 1. The number of hydrogen-bond donors (Lipinski definition) is 0. The van der Waals surface area contributed by atoms with Crippen LogP contribution < -0.4 is 0 Å². The van der Waals surface area contributed by atoms with Crippen molar-refractivity contribution < 1.29 is 27.1 Å². The quantitative estimate of drug-likeness (QED) is 0.573. The van der Waals surface area contributed by atoms with E-state index in [-0.39, 0.29) is 17.2 Å². The van der Waals surface area contributed by atoms with Crippen LogP contribution in [0.4, 0.5) is 4.39 Å². The van der Waals surface area contributed by atoms with Gasteiger partial charge in [0.1, 0.15) is 12.4 Å². The van der Waals surface area contributed by atoms with Crippen molar-refractivity contribution in [1.29, 1.82) is 0 Å². The fourth-order valence-electron chi connectivity index (χ4n) is 1.89. The molecule has 0 saturated carbocycles. The van der Waals surface area contributed by atoms with Crippen molar-refractivity contribution in [2.75, 3.05) is 13.2 Å². The Labute approximate surface area is 133 Å². The third-order valence-corrected chi connectivity index (χ3v) is 5.21. The van der Waals surface area contributed by atoms with Crippen molar-refractivity contribution in [3.63, 3.8) is 0 Å². The Balaban J connectivity index is 2.20. The molecular formula is C12H11BrClFO5S. The van der Waals surface area contributed by atoms with E-state index in [0.717, 1.165) is 25.0 Å². The molecule has 0 N–H and O–H groups in total. The Hall–Kier alpha value is -0.700. The predicted molar refractivity (Wildman–Crippen MR) is 76.4 cm³/mol. The lowest BCUT2D eigenvalue weighted by atomic mass is 10.2. The van der Waals surface area contributed by atoms with Crippen molar-refractivity contribution in [2.24, 2.45) is 0 Å². The highest BCUT2D eigenvalue weighted by molar-refractivity contribution is 9.10. The smallest absolute Gasteiger partial charge is 0.341 e. The minimum absolute atomic E-state index is 0.00268. The van der Waals surface area contributed by atoms with Crippen molar-refractivity contribution >= 4 is 41.6 Å². The van der Waals surface area contributed by atoms with Gasteiger partial charge < -0.3 is 9.47 Å². The van der Waals surface area contributed by atoms with Crippen LogP contribution in [0, 0.1) is 5.82 Å². The zero-order chi connectivity index (χ0) is 15.6. The molecule has 0 aliphatic carbocycles. The number of hydrogen-bond acceptors (Lipinski definition) is 5. The number of carbonyl (C=O) groups excluding carboxylic acids is 1. The van der Waals surface area contributed by atoms with Gasteiger partial charge in [-0.15, -0.1) is 0 Å². The zero-order valence-electron chi connectivity index (χ0n) is 10.6. The maximum atomic E-state index is 13.8. The molecule has 1 saturated heterocycles. The summed E-state index contributed by atoms with van der Waals surface area (Å²) < 4.78 is 46.6. The van der Waals surface area contributed by atoms with Crippen molar-refractivity contribution in [3.05, 3.63) is 28.0 Å². The Morgan fingerprint density at radius 2 is 2.24 bits per heavy atom. The number of esters is 1. The largest absolute Gasteiger partial charge is 0.459 e. The second-order valence-corrected chi connectivity index (χ2v) is 7.82. The van der Waals surface area contributed by atoms with Gasteiger partial charge in [0.05, 0.1) is 16.6 Å². The second-order valence-electron chi connectivity index (χ2n) is 4.43. The SMILES string of the molecule is O=C(OCC1CCCO1)c1cc(S(=O)(=O)Cl)c(Br)cc1F. The van der Waals surface area contributed by atoms with Gasteiger partial charge in [-0.05, 0) is 40.9 Å². The molecule has 0 amide bonds. The number of halogens is 3. The molecule has 116 valence electrons. The van der Waals surface area contributed by atoms with E-state index < -0.39 is 31.3 Å². The maximum absolute atomic E-state index is 13.8. The van der Waals surface area contributed by atoms with E-state index in [9.17, 15) is 17.6 Å². The summed E-state index contributed by atoms with van der Waals surface area (Å²) in [5.41, 5.74) is -0.490. The molecule has 0 spiro atoms. The van der Waals surface area contributed by atoms with Gasteiger partial charge in [-0.25, -0.2) is 17.6 Å². The summed E-state index contributed by atoms with van der Waals surface area (Å²) >= 11 is 2.88. The van der Waals surface area contributed by atoms with Crippen LogP contribution in [0.5, 0.6) is 0 Å². The van der Waals surface area contributed by atoms with E-state index in [2.05, 4.69) is 15.9 Å². The van der Waals surface area contributed by atoms with Gasteiger partial charge in [-0.3, -0.25) is 0 Å².